The molecule has 0 saturated carbocycles. The Bertz CT molecular complexity index is 237. The van der Waals surface area contributed by atoms with Crippen LogP contribution in [0.15, 0.2) is 12.5 Å². The second kappa shape index (κ2) is 5.12. The van der Waals surface area contributed by atoms with E-state index >= 15 is 0 Å². The average molecular weight is 194 g/mol. The Labute approximate surface area is 84.7 Å². The molecule has 1 aliphatic heterocycles. The first-order valence-electron chi connectivity index (χ1n) is 5.35. The van der Waals surface area contributed by atoms with Gasteiger partial charge in [-0.25, -0.2) is 4.98 Å². The predicted octanol–water partition coefficient (Wildman–Crippen LogP) is 0.247. The van der Waals surface area contributed by atoms with Crippen molar-refractivity contribution >= 4 is 0 Å². The van der Waals surface area contributed by atoms with E-state index in [4.69, 9.17) is 0 Å². The molecule has 1 aliphatic rings. The van der Waals surface area contributed by atoms with Crippen LogP contribution in [0.3, 0.4) is 0 Å². The Morgan fingerprint density at radius 2 is 2.36 bits per heavy atom. The van der Waals surface area contributed by atoms with Crippen molar-refractivity contribution in [2.75, 3.05) is 32.7 Å². The maximum atomic E-state index is 4.02. The molecule has 1 saturated heterocycles. The number of H-pyrrole nitrogens is 1. The molecule has 4 nitrogen and oxygen atoms in total. The van der Waals surface area contributed by atoms with Crippen molar-refractivity contribution in [3.05, 3.63) is 18.2 Å². The Kier molecular flexibility index (Phi) is 3.54. The minimum atomic E-state index is 1.08. The Hall–Kier alpha value is -0.870. The topological polar surface area (TPSA) is 44.0 Å². The minimum absolute atomic E-state index is 1.08. The minimum Gasteiger partial charge on any atom is -0.348 e. The number of hydrogen-bond donors (Lipinski definition) is 2. The van der Waals surface area contributed by atoms with Gasteiger partial charge in [-0.3, -0.25) is 0 Å². The summed E-state index contributed by atoms with van der Waals surface area (Å²) in [6.07, 6.45) is 6.01. The molecule has 0 aliphatic carbocycles. The number of imidazole rings is 1. The lowest BCUT2D eigenvalue weighted by Crippen LogP contribution is -2.30. The van der Waals surface area contributed by atoms with Crippen molar-refractivity contribution < 1.29 is 0 Å². The lowest BCUT2D eigenvalue weighted by molar-refractivity contribution is 0.295. The molecule has 0 aromatic carbocycles. The van der Waals surface area contributed by atoms with Gasteiger partial charge in [-0.1, -0.05) is 0 Å². The number of aromatic amines is 1. The third kappa shape index (κ3) is 2.82. The highest BCUT2D eigenvalue weighted by Gasteiger charge is 2.07. The molecule has 1 aromatic heterocycles. The van der Waals surface area contributed by atoms with Crippen LogP contribution >= 0.6 is 0 Å². The van der Waals surface area contributed by atoms with Crippen molar-refractivity contribution in [2.24, 2.45) is 0 Å². The maximum absolute atomic E-state index is 4.02. The molecular weight excluding hydrogens is 176 g/mol. The van der Waals surface area contributed by atoms with Crippen molar-refractivity contribution in [2.45, 2.75) is 12.8 Å². The van der Waals surface area contributed by atoms with Gasteiger partial charge in [0.15, 0.2) is 0 Å². The molecule has 0 amide bonds. The summed E-state index contributed by atoms with van der Waals surface area (Å²) in [6.45, 7) is 5.84. The molecule has 1 fully saturated rings. The van der Waals surface area contributed by atoms with Gasteiger partial charge in [-0.05, 0) is 19.5 Å². The highest BCUT2D eigenvalue weighted by Crippen LogP contribution is 1.99. The Morgan fingerprint density at radius 1 is 1.36 bits per heavy atom. The number of aromatic nitrogens is 2. The fraction of sp³-hybridized carbons (Fsp3) is 0.700. The van der Waals surface area contributed by atoms with Gasteiger partial charge >= 0.3 is 0 Å². The third-order valence-electron chi connectivity index (χ3n) is 2.68. The van der Waals surface area contributed by atoms with E-state index in [1.54, 1.807) is 6.33 Å². The predicted molar refractivity (Wildman–Crippen MR) is 56.2 cm³/mol. The zero-order chi connectivity index (χ0) is 9.64. The fourth-order valence-corrected chi connectivity index (χ4v) is 1.83. The van der Waals surface area contributed by atoms with Crippen LogP contribution in [0.4, 0.5) is 0 Å². The summed E-state index contributed by atoms with van der Waals surface area (Å²) < 4.78 is 0. The monoisotopic (exact) mass is 194 g/mol. The van der Waals surface area contributed by atoms with Gasteiger partial charge in [-0.2, -0.15) is 0 Å². The normalized spacial score (nSPS) is 19.4. The summed E-state index contributed by atoms with van der Waals surface area (Å²) in [7, 11) is 0. The average Bonchev–Trinajstić information content (AvgIpc) is 2.58. The van der Waals surface area contributed by atoms with Crippen LogP contribution in [0.5, 0.6) is 0 Å². The van der Waals surface area contributed by atoms with Crippen LogP contribution in [0.2, 0.25) is 0 Å². The maximum Gasteiger partial charge on any atom is 0.0921 e. The smallest absolute Gasteiger partial charge is 0.0921 e. The summed E-state index contributed by atoms with van der Waals surface area (Å²) in [5.41, 5.74) is 1.24. The quantitative estimate of drug-likeness (QED) is 0.725. The molecule has 0 spiro atoms. The summed E-state index contributed by atoms with van der Waals surface area (Å²) >= 11 is 0. The van der Waals surface area contributed by atoms with Crippen LogP contribution in [0, 0.1) is 0 Å². The first kappa shape index (κ1) is 9.68. The van der Waals surface area contributed by atoms with E-state index in [1.165, 1.54) is 31.7 Å². The van der Waals surface area contributed by atoms with Crippen LogP contribution < -0.4 is 5.32 Å². The van der Waals surface area contributed by atoms with Gasteiger partial charge in [0.05, 0.1) is 6.33 Å². The molecule has 0 unspecified atom stereocenters. The molecular formula is C10H18N4. The van der Waals surface area contributed by atoms with Crippen molar-refractivity contribution in [3.63, 3.8) is 0 Å². The molecule has 0 bridgehead atoms. The highest BCUT2D eigenvalue weighted by molar-refractivity contribution is 4.94. The number of hydrogen-bond acceptors (Lipinski definition) is 3. The summed E-state index contributed by atoms with van der Waals surface area (Å²) in [5, 5.41) is 3.41. The fourth-order valence-electron chi connectivity index (χ4n) is 1.83. The SMILES string of the molecule is c1ncc(CCN2CCCNCC2)[nH]1. The number of nitrogens with zero attached hydrogens (tertiary/aromatic N) is 2. The van der Waals surface area contributed by atoms with Gasteiger partial charge in [0.1, 0.15) is 0 Å². The lowest BCUT2D eigenvalue weighted by Gasteiger charge is -2.18. The van der Waals surface area contributed by atoms with Crippen molar-refractivity contribution in [1.29, 1.82) is 0 Å². The molecule has 78 valence electrons. The molecule has 0 radical (unpaired) electrons. The van der Waals surface area contributed by atoms with Crippen molar-refractivity contribution in [3.8, 4) is 0 Å². The summed E-state index contributed by atoms with van der Waals surface area (Å²) in [6, 6.07) is 0. The first-order valence-corrected chi connectivity index (χ1v) is 5.35. The summed E-state index contributed by atoms with van der Waals surface area (Å²) in [5.74, 6) is 0. The Morgan fingerprint density at radius 3 is 3.21 bits per heavy atom. The van der Waals surface area contributed by atoms with E-state index < -0.39 is 0 Å². The van der Waals surface area contributed by atoms with E-state index in [2.05, 4.69) is 20.2 Å². The van der Waals surface area contributed by atoms with Gasteiger partial charge in [0.25, 0.3) is 0 Å². The van der Waals surface area contributed by atoms with Crippen LogP contribution in [0.25, 0.3) is 0 Å². The summed E-state index contributed by atoms with van der Waals surface area (Å²) in [4.78, 5) is 9.67. The molecule has 1 aromatic rings. The van der Waals surface area contributed by atoms with E-state index in [1.807, 2.05) is 6.20 Å². The van der Waals surface area contributed by atoms with Crippen LogP contribution in [-0.2, 0) is 6.42 Å². The largest absolute Gasteiger partial charge is 0.348 e. The van der Waals surface area contributed by atoms with E-state index in [-0.39, 0.29) is 0 Å². The molecule has 2 N–H and O–H groups in total. The molecule has 2 rings (SSSR count). The van der Waals surface area contributed by atoms with E-state index in [0.717, 1.165) is 19.5 Å². The van der Waals surface area contributed by atoms with Crippen molar-refractivity contribution in [1.82, 2.24) is 20.2 Å². The number of nitrogens with one attached hydrogen (secondary N) is 2. The Balaban J connectivity index is 1.73. The standard InChI is InChI=1S/C10H18N4/c1-3-11-4-7-14(5-1)6-2-10-8-12-9-13-10/h8-9,11H,1-7H2,(H,12,13). The molecule has 0 atom stereocenters. The zero-order valence-electron chi connectivity index (χ0n) is 8.50. The van der Waals surface area contributed by atoms with E-state index in [9.17, 15) is 0 Å². The second-order valence-electron chi connectivity index (χ2n) is 3.77. The van der Waals surface area contributed by atoms with E-state index in [0.29, 0.717) is 0 Å². The third-order valence-corrected chi connectivity index (χ3v) is 2.68. The molecule has 2 heterocycles. The van der Waals surface area contributed by atoms with Gasteiger partial charge < -0.3 is 15.2 Å². The number of rotatable bonds is 3. The van der Waals surface area contributed by atoms with Gasteiger partial charge in [0, 0.05) is 37.9 Å². The van der Waals surface area contributed by atoms with Crippen LogP contribution in [-0.4, -0.2) is 47.6 Å². The highest BCUT2D eigenvalue weighted by atomic mass is 15.1. The second-order valence-corrected chi connectivity index (χ2v) is 3.77. The zero-order valence-corrected chi connectivity index (χ0v) is 8.50. The van der Waals surface area contributed by atoms with Gasteiger partial charge in [0.2, 0.25) is 0 Å². The first-order chi connectivity index (χ1) is 6.95. The van der Waals surface area contributed by atoms with Gasteiger partial charge in [-0.15, -0.1) is 0 Å². The molecule has 14 heavy (non-hydrogen) atoms. The molecule has 4 heteroatoms. The van der Waals surface area contributed by atoms with Crippen LogP contribution in [0.1, 0.15) is 12.1 Å². The lowest BCUT2D eigenvalue weighted by atomic mass is 10.3.